The van der Waals surface area contributed by atoms with Gasteiger partial charge in [-0.1, -0.05) is 0 Å². The van der Waals surface area contributed by atoms with Crippen LogP contribution in [-0.2, 0) is 15.1 Å². The summed E-state index contributed by atoms with van der Waals surface area (Å²) in [5, 5.41) is 3.19. The number of rotatable bonds is 3. The Labute approximate surface area is 165 Å². The number of carbonyl (C=O) groups excluding carboxylic acids is 2. The molecule has 1 aliphatic heterocycles. The van der Waals surface area contributed by atoms with Gasteiger partial charge in [0.1, 0.15) is 11.2 Å². The predicted molar refractivity (Wildman–Crippen MR) is 105 cm³/mol. The van der Waals surface area contributed by atoms with E-state index < -0.39 is 11.1 Å². The van der Waals surface area contributed by atoms with Gasteiger partial charge in [-0.3, -0.25) is 4.79 Å². The Morgan fingerprint density at radius 3 is 2.46 bits per heavy atom. The van der Waals surface area contributed by atoms with E-state index in [0.29, 0.717) is 13.1 Å². The number of piperidine rings is 1. The summed E-state index contributed by atoms with van der Waals surface area (Å²) in [7, 11) is 0. The molecule has 2 aromatic rings. The van der Waals surface area contributed by atoms with E-state index in [2.05, 4.69) is 10.3 Å². The van der Waals surface area contributed by atoms with Crippen molar-refractivity contribution in [2.24, 2.45) is 17.8 Å². The maximum atomic E-state index is 12.9. The SMILES string of the molecule is CC(C)(C)OC(=O)N1CC2C(C1)C2C(=O)NC(C)(C)c1ccn2ccnc2c1. The lowest BCUT2D eigenvalue weighted by Crippen LogP contribution is -2.44. The van der Waals surface area contributed by atoms with E-state index in [-0.39, 0.29) is 29.8 Å². The standard InChI is InChI=1S/C21H28N4O3/c1-20(2,3)28-19(27)25-11-14-15(12-25)17(14)18(26)23-21(4,5)13-6-8-24-9-7-22-16(24)10-13/h6-10,14-15,17H,11-12H2,1-5H3,(H,23,26). The number of hydrogen-bond donors (Lipinski definition) is 1. The molecule has 2 fully saturated rings. The number of nitrogens with one attached hydrogen (secondary N) is 1. The van der Waals surface area contributed by atoms with E-state index in [1.165, 1.54) is 0 Å². The van der Waals surface area contributed by atoms with Gasteiger partial charge in [0.15, 0.2) is 0 Å². The third-order valence-corrected chi connectivity index (χ3v) is 5.70. The molecule has 1 saturated carbocycles. The summed E-state index contributed by atoms with van der Waals surface area (Å²) >= 11 is 0. The van der Waals surface area contributed by atoms with Crippen LogP contribution in [0, 0.1) is 17.8 Å². The second-order valence-electron chi connectivity index (χ2n) is 9.46. The summed E-state index contributed by atoms with van der Waals surface area (Å²) in [6, 6.07) is 4.01. The molecule has 1 N–H and O–H groups in total. The van der Waals surface area contributed by atoms with Gasteiger partial charge in [0, 0.05) is 37.6 Å². The first-order valence-electron chi connectivity index (χ1n) is 9.78. The van der Waals surface area contributed by atoms with Crippen molar-refractivity contribution in [2.75, 3.05) is 13.1 Å². The van der Waals surface area contributed by atoms with Crippen LogP contribution >= 0.6 is 0 Å². The highest BCUT2D eigenvalue weighted by Crippen LogP contribution is 2.52. The maximum absolute atomic E-state index is 12.9. The van der Waals surface area contributed by atoms with E-state index >= 15 is 0 Å². The lowest BCUT2D eigenvalue weighted by molar-refractivity contribution is -0.125. The Morgan fingerprint density at radius 2 is 1.82 bits per heavy atom. The predicted octanol–water partition coefficient (Wildman–Crippen LogP) is 2.80. The van der Waals surface area contributed by atoms with E-state index in [1.807, 2.05) is 63.5 Å². The van der Waals surface area contributed by atoms with Crippen LogP contribution in [0.2, 0.25) is 0 Å². The molecule has 1 aliphatic carbocycles. The number of nitrogens with zero attached hydrogens (tertiary/aromatic N) is 3. The molecule has 2 unspecified atom stereocenters. The molecule has 28 heavy (non-hydrogen) atoms. The molecule has 1 saturated heterocycles. The molecule has 2 atom stereocenters. The van der Waals surface area contributed by atoms with E-state index in [4.69, 9.17) is 4.74 Å². The Bertz CT molecular complexity index is 915. The number of likely N-dealkylation sites (tertiary alicyclic amines) is 1. The summed E-state index contributed by atoms with van der Waals surface area (Å²) in [6.45, 7) is 10.8. The molecule has 2 amide bonds. The molecule has 4 rings (SSSR count). The highest BCUT2D eigenvalue weighted by Gasteiger charge is 2.61. The average molecular weight is 384 g/mol. The largest absolute Gasteiger partial charge is 0.444 e. The van der Waals surface area contributed by atoms with Crippen molar-refractivity contribution in [3.8, 4) is 0 Å². The normalized spacial score (nSPS) is 24.2. The zero-order valence-corrected chi connectivity index (χ0v) is 17.1. The maximum Gasteiger partial charge on any atom is 0.410 e. The minimum Gasteiger partial charge on any atom is -0.444 e. The van der Waals surface area contributed by atoms with Gasteiger partial charge in [-0.15, -0.1) is 0 Å². The van der Waals surface area contributed by atoms with Crippen LogP contribution in [0.4, 0.5) is 4.79 Å². The zero-order valence-electron chi connectivity index (χ0n) is 17.1. The number of amides is 2. The number of imidazole rings is 1. The number of ether oxygens (including phenoxy) is 1. The van der Waals surface area contributed by atoms with Gasteiger partial charge in [0.2, 0.25) is 5.91 Å². The fraction of sp³-hybridized carbons (Fsp3) is 0.571. The van der Waals surface area contributed by atoms with E-state index in [0.717, 1.165) is 11.2 Å². The van der Waals surface area contributed by atoms with Gasteiger partial charge < -0.3 is 19.4 Å². The molecule has 7 heteroatoms. The number of fused-ring (bicyclic) bond motifs is 2. The van der Waals surface area contributed by atoms with Crippen molar-refractivity contribution in [3.63, 3.8) is 0 Å². The first-order chi connectivity index (χ1) is 13.0. The molecule has 0 radical (unpaired) electrons. The molecule has 150 valence electrons. The molecule has 2 aliphatic rings. The summed E-state index contributed by atoms with van der Waals surface area (Å²) in [5.74, 6) is 0.511. The first-order valence-corrected chi connectivity index (χ1v) is 9.78. The summed E-state index contributed by atoms with van der Waals surface area (Å²) < 4.78 is 7.37. The lowest BCUT2D eigenvalue weighted by atomic mass is 9.94. The van der Waals surface area contributed by atoms with Crippen LogP contribution in [-0.4, -0.2) is 45.0 Å². The monoisotopic (exact) mass is 384 g/mol. The number of hydrogen-bond acceptors (Lipinski definition) is 4. The van der Waals surface area contributed by atoms with Gasteiger partial charge in [-0.25, -0.2) is 9.78 Å². The van der Waals surface area contributed by atoms with Crippen LogP contribution in [0.1, 0.15) is 40.2 Å². The topological polar surface area (TPSA) is 75.9 Å². The van der Waals surface area contributed by atoms with Crippen molar-refractivity contribution in [1.29, 1.82) is 0 Å². The Kier molecular flexibility index (Phi) is 4.17. The third-order valence-electron chi connectivity index (χ3n) is 5.70. The first kappa shape index (κ1) is 18.8. The fourth-order valence-corrected chi connectivity index (χ4v) is 4.15. The molecule has 0 bridgehead atoms. The molecule has 2 aromatic heterocycles. The number of carbonyl (C=O) groups is 2. The molecule has 0 spiro atoms. The van der Waals surface area contributed by atoms with E-state index in [9.17, 15) is 9.59 Å². The molecule has 3 heterocycles. The minimum absolute atomic E-state index is 0.0203. The Hall–Kier alpha value is -2.57. The van der Waals surface area contributed by atoms with Crippen molar-refractivity contribution >= 4 is 17.6 Å². The number of aromatic nitrogens is 2. The van der Waals surface area contributed by atoms with Crippen molar-refractivity contribution < 1.29 is 14.3 Å². The summed E-state index contributed by atoms with van der Waals surface area (Å²) in [4.78, 5) is 31.1. The number of pyridine rings is 1. The quantitative estimate of drug-likeness (QED) is 0.883. The third kappa shape index (κ3) is 3.45. The minimum atomic E-state index is -0.499. The van der Waals surface area contributed by atoms with Crippen molar-refractivity contribution in [1.82, 2.24) is 19.6 Å². The van der Waals surface area contributed by atoms with Crippen molar-refractivity contribution in [3.05, 3.63) is 36.3 Å². The van der Waals surface area contributed by atoms with Gasteiger partial charge >= 0.3 is 6.09 Å². The van der Waals surface area contributed by atoms with Crippen molar-refractivity contribution in [2.45, 2.75) is 45.8 Å². The van der Waals surface area contributed by atoms with Crippen LogP contribution < -0.4 is 5.32 Å². The highest BCUT2D eigenvalue weighted by molar-refractivity contribution is 5.84. The fourth-order valence-electron chi connectivity index (χ4n) is 4.15. The summed E-state index contributed by atoms with van der Waals surface area (Å²) in [6.07, 6.45) is 5.32. The summed E-state index contributed by atoms with van der Waals surface area (Å²) in [5.41, 5.74) is 0.879. The second-order valence-corrected chi connectivity index (χ2v) is 9.46. The Morgan fingerprint density at radius 1 is 1.14 bits per heavy atom. The molecular weight excluding hydrogens is 356 g/mol. The Balaban J connectivity index is 1.36. The van der Waals surface area contributed by atoms with Crippen LogP contribution in [0.3, 0.4) is 0 Å². The molecular formula is C21H28N4O3. The molecule has 7 nitrogen and oxygen atoms in total. The van der Waals surface area contributed by atoms with Gasteiger partial charge in [-0.2, -0.15) is 0 Å². The van der Waals surface area contributed by atoms with Gasteiger partial charge in [-0.05, 0) is 64.2 Å². The van der Waals surface area contributed by atoms with Crippen LogP contribution in [0.25, 0.3) is 5.65 Å². The van der Waals surface area contributed by atoms with Crippen LogP contribution in [0.15, 0.2) is 30.7 Å². The van der Waals surface area contributed by atoms with Gasteiger partial charge in [0.25, 0.3) is 0 Å². The smallest absolute Gasteiger partial charge is 0.410 e. The second kappa shape index (κ2) is 6.22. The molecule has 0 aromatic carbocycles. The zero-order chi connectivity index (χ0) is 20.3. The van der Waals surface area contributed by atoms with Crippen LogP contribution in [0.5, 0.6) is 0 Å². The average Bonchev–Trinajstić information content (AvgIpc) is 2.96. The lowest BCUT2D eigenvalue weighted by Gasteiger charge is -2.28. The van der Waals surface area contributed by atoms with Gasteiger partial charge in [0.05, 0.1) is 5.54 Å². The van der Waals surface area contributed by atoms with E-state index in [1.54, 1.807) is 11.1 Å². The highest BCUT2D eigenvalue weighted by atomic mass is 16.6.